The van der Waals surface area contributed by atoms with Gasteiger partial charge in [-0.3, -0.25) is 4.79 Å². The Bertz CT molecular complexity index is 373. The molecule has 1 rings (SSSR count). The van der Waals surface area contributed by atoms with Crippen LogP contribution in [0.5, 0.6) is 0 Å². The summed E-state index contributed by atoms with van der Waals surface area (Å²) < 4.78 is 10.2. The summed E-state index contributed by atoms with van der Waals surface area (Å²) in [5.41, 5.74) is -0.538. The molecule has 5 heteroatoms. The van der Waals surface area contributed by atoms with Gasteiger partial charge in [-0.2, -0.15) is 0 Å². The third-order valence-corrected chi connectivity index (χ3v) is 3.32. The molecular weight excluding hydrogens is 258 g/mol. The summed E-state index contributed by atoms with van der Waals surface area (Å²) in [6.45, 7) is 9.78. The van der Waals surface area contributed by atoms with Crippen LogP contribution < -0.4 is 0 Å². The smallest absolute Gasteiger partial charge is 0.410 e. The van der Waals surface area contributed by atoms with Crippen LogP contribution in [-0.2, 0) is 14.3 Å². The van der Waals surface area contributed by atoms with Crippen LogP contribution in [0.1, 0.15) is 40.0 Å². The molecule has 1 aliphatic rings. The van der Waals surface area contributed by atoms with Gasteiger partial charge in [-0.1, -0.05) is 6.08 Å². The quantitative estimate of drug-likeness (QED) is 0.588. The first kappa shape index (κ1) is 16.5. The van der Waals surface area contributed by atoms with E-state index >= 15 is 0 Å². The zero-order valence-corrected chi connectivity index (χ0v) is 12.8. The summed E-state index contributed by atoms with van der Waals surface area (Å²) in [6, 6.07) is -0.171. The number of methoxy groups -OCH3 is 1. The van der Waals surface area contributed by atoms with E-state index in [1.54, 1.807) is 11.0 Å². The van der Waals surface area contributed by atoms with Crippen molar-refractivity contribution in [1.29, 1.82) is 0 Å². The molecular formula is C15H25NO4. The molecule has 0 N–H and O–H groups in total. The zero-order valence-electron chi connectivity index (χ0n) is 12.8. The maximum atomic E-state index is 12.2. The second-order valence-corrected chi connectivity index (χ2v) is 6.04. The van der Waals surface area contributed by atoms with Crippen LogP contribution in [0.15, 0.2) is 12.7 Å². The lowest BCUT2D eigenvalue weighted by Gasteiger charge is -2.31. The van der Waals surface area contributed by atoms with Crippen molar-refractivity contribution in [2.24, 2.45) is 5.92 Å². The van der Waals surface area contributed by atoms with Crippen molar-refractivity contribution in [3.8, 4) is 0 Å². The van der Waals surface area contributed by atoms with Gasteiger partial charge in [0, 0.05) is 12.6 Å². The van der Waals surface area contributed by atoms with E-state index in [1.165, 1.54) is 7.11 Å². The van der Waals surface area contributed by atoms with Crippen LogP contribution >= 0.6 is 0 Å². The molecule has 1 amide bonds. The molecule has 0 aliphatic carbocycles. The second-order valence-electron chi connectivity index (χ2n) is 6.04. The summed E-state index contributed by atoms with van der Waals surface area (Å²) in [5, 5.41) is 0. The molecule has 0 saturated carbocycles. The molecule has 0 unspecified atom stereocenters. The molecule has 0 radical (unpaired) electrons. The molecule has 0 aromatic rings. The van der Waals surface area contributed by atoms with E-state index in [-0.39, 0.29) is 24.0 Å². The first-order valence-electron chi connectivity index (χ1n) is 6.98. The van der Waals surface area contributed by atoms with Crippen LogP contribution in [0.3, 0.4) is 0 Å². The van der Waals surface area contributed by atoms with Crippen molar-refractivity contribution < 1.29 is 19.1 Å². The number of likely N-dealkylation sites (tertiary alicyclic amines) is 1. The van der Waals surface area contributed by atoms with E-state index in [0.29, 0.717) is 13.0 Å². The van der Waals surface area contributed by atoms with Crippen LogP contribution in [0, 0.1) is 5.92 Å². The number of nitrogens with zero attached hydrogens (tertiary/aromatic N) is 1. The fourth-order valence-corrected chi connectivity index (χ4v) is 2.50. The number of hydrogen-bond donors (Lipinski definition) is 0. The van der Waals surface area contributed by atoms with Crippen molar-refractivity contribution in [3.63, 3.8) is 0 Å². The summed E-state index contributed by atoms with van der Waals surface area (Å²) >= 11 is 0. The van der Waals surface area contributed by atoms with Crippen LogP contribution in [0.4, 0.5) is 4.79 Å². The Morgan fingerprint density at radius 1 is 1.45 bits per heavy atom. The van der Waals surface area contributed by atoms with Gasteiger partial charge in [0.25, 0.3) is 0 Å². The third-order valence-electron chi connectivity index (χ3n) is 3.32. The molecule has 2 atom stereocenters. The number of carbonyl (C=O) groups excluding carboxylic acids is 2. The minimum Gasteiger partial charge on any atom is -0.469 e. The average Bonchev–Trinajstić information content (AvgIpc) is 2.81. The average molecular weight is 283 g/mol. The maximum Gasteiger partial charge on any atom is 0.410 e. The van der Waals surface area contributed by atoms with Gasteiger partial charge in [-0.05, 0) is 40.0 Å². The minimum atomic E-state index is -0.538. The fourth-order valence-electron chi connectivity index (χ4n) is 2.50. The van der Waals surface area contributed by atoms with Crippen molar-refractivity contribution in [2.75, 3.05) is 13.7 Å². The topological polar surface area (TPSA) is 55.8 Å². The minimum absolute atomic E-state index is 0.171. The highest BCUT2D eigenvalue weighted by Gasteiger charge is 2.39. The largest absolute Gasteiger partial charge is 0.469 e. The number of amides is 1. The van der Waals surface area contributed by atoms with Gasteiger partial charge in [-0.25, -0.2) is 4.79 Å². The highest BCUT2D eigenvalue weighted by Crippen LogP contribution is 2.29. The van der Waals surface area contributed by atoms with Crippen LogP contribution in [0.25, 0.3) is 0 Å². The molecule has 5 nitrogen and oxygen atoms in total. The van der Waals surface area contributed by atoms with Crippen LogP contribution in [0.2, 0.25) is 0 Å². The van der Waals surface area contributed by atoms with Crippen molar-refractivity contribution in [3.05, 3.63) is 12.7 Å². The van der Waals surface area contributed by atoms with Gasteiger partial charge in [0.1, 0.15) is 5.60 Å². The molecule has 1 aliphatic heterocycles. The Kier molecular flexibility index (Phi) is 5.60. The van der Waals surface area contributed by atoms with E-state index in [9.17, 15) is 9.59 Å². The van der Waals surface area contributed by atoms with E-state index in [4.69, 9.17) is 9.47 Å². The lowest BCUT2D eigenvalue weighted by molar-refractivity contribution is -0.147. The Hall–Kier alpha value is -1.52. The van der Waals surface area contributed by atoms with Crippen molar-refractivity contribution in [2.45, 2.75) is 51.7 Å². The predicted octanol–water partition coefficient (Wildman–Crippen LogP) is 2.75. The summed E-state index contributed by atoms with van der Waals surface area (Å²) in [4.78, 5) is 25.8. The number of hydrogen-bond acceptors (Lipinski definition) is 4. The molecule has 1 heterocycles. The second kappa shape index (κ2) is 6.77. The molecule has 0 spiro atoms. The molecule has 20 heavy (non-hydrogen) atoms. The van der Waals surface area contributed by atoms with Crippen molar-refractivity contribution in [1.82, 2.24) is 4.90 Å². The lowest BCUT2D eigenvalue weighted by Crippen LogP contribution is -2.45. The first-order valence-corrected chi connectivity index (χ1v) is 6.98. The van der Waals surface area contributed by atoms with Gasteiger partial charge in [0.15, 0.2) is 0 Å². The van der Waals surface area contributed by atoms with Gasteiger partial charge in [-0.15, -0.1) is 6.58 Å². The molecule has 1 saturated heterocycles. The molecule has 0 aromatic carbocycles. The van der Waals surface area contributed by atoms with Gasteiger partial charge < -0.3 is 14.4 Å². The zero-order chi connectivity index (χ0) is 15.3. The van der Waals surface area contributed by atoms with Gasteiger partial charge in [0.05, 0.1) is 13.0 Å². The van der Waals surface area contributed by atoms with E-state index < -0.39 is 5.60 Å². The standard InChI is InChI=1S/C15H25NO4/c1-6-8-11(13(17)19-5)12-9-7-10-16(12)14(18)20-15(2,3)4/h6,11-12H,1,7-10H2,2-5H3/t11-,12-/m0/s1. The van der Waals surface area contributed by atoms with Crippen LogP contribution in [-0.4, -0.2) is 42.3 Å². The number of ether oxygens (including phenoxy) is 2. The van der Waals surface area contributed by atoms with Gasteiger partial charge >= 0.3 is 12.1 Å². The molecule has 0 bridgehead atoms. The highest BCUT2D eigenvalue weighted by atomic mass is 16.6. The Balaban J connectivity index is 2.83. The van der Waals surface area contributed by atoms with E-state index in [1.807, 2.05) is 20.8 Å². The Morgan fingerprint density at radius 3 is 2.60 bits per heavy atom. The maximum absolute atomic E-state index is 12.2. The summed E-state index contributed by atoms with van der Waals surface area (Å²) in [6.07, 6.45) is 3.48. The van der Waals surface area contributed by atoms with Crippen molar-refractivity contribution >= 4 is 12.1 Å². The number of esters is 1. The Morgan fingerprint density at radius 2 is 2.10 bits per heavy atom. The fraction of sp³-hybridized carbons (Fsp3) is 0.733. The Labute approximate surface area is 120 Å². The molecule has 0 aromatic heterocycles. The molecule has 114 valence electrons. The normalized spacial score (nSPS) is 20.4. The number of carbonyl (C=O) groups is 2. The van der Waals surface area contributed by atoms with Gasteiger partial charge in [0.2, 0.25) is 0 Å². The van der Waals surface area contributed by atoms with E-state index in [2.05, 4.69) is 6.58 Å². The first-order chi connectivity index (χ1) is 9.30. The highest BCUT2D eigenvalue weighted by molar-refractivity contribution is 5.75. The molecule has 1 fully saturated rings. The number of allylic oxidation sites excluding steroid dienone is 1. The third kappa shape index (κ3) is 4.25. The summed E-state index contributed by atoms with van der Waals surface area (Å²) in [5.74, 6) is -0.669. The van der Waals surface area contributed by atoms with E-state index in [0.717, 1.165) is 12.8 Å². The monoisotopic (exact) mass is 283 g/mol. The lowest BCUT2D eigenvalue weighted by atomic mass is 9.94. The summed E-state index contributed by atoms with van der Waals surface area (Å²) in [7, 11) is 1.37. The number of rotatable bonds is 4. The predicted molar refractivity (Wildman–Crippen MR) is 76.3 cm³/mol. The SMILES string of the molecule is C=CC[C@H](C(=O)OC)[C@@H]1CCCN1C(=O)OC(C)(C)C.